The van der Waals surface area contributed by atoms with E-state index in [1.165, 1.54) is 0 Å². The van der Waals surface area contributed by atoms with Gasteiger partial charge in [0.25, 0.3) is 0 Å². The number of likely N-dealkylation sites (N-methyl/N-ethyl adjacent to an activating group) is 1. The van der Waals surface area contributed by atoms with E-state index in [-0.39, 0.29) is 0 Å². The van der Waals surface area contributed by atoms with E-state index >= 15 is 0 Å². The van der Waals surface area contributed by atoms with Crippen molar-refractivity contribution in [3.63, 3.8) is 0 Å². The van der Waals surface area contributed by atoms with Crippen molar-refractivity contribution in [1.29, 1.82) is 0 Å². The van der Waals surface area contributed by atoms with Crippen LogP contribution in [-0.2, 0) is 0 Å². The maximum absolute atomic E-state index is 5.81. The summed E-state index contributed by atoms with van der Waals surface area (Å²) in [6.07, 6.45) is 4.12. The van der Waals surface area contributed by atoms with Crippen LogP contribution in [0.25, 0.3) is 6.08 Å². The average Bonchev–Trinajstić information content (AvgIpc) is 2.09. The molecule has 0 amide bonds. The van der Waals surface area contributed by atoms with Crippen LogP contribution in [0.15, 0.2) is 28.7 Å². The monoisotopic (exact) mass is 259 g/mol. The summed E-state index contributed by atoms with van der Waals surface area (Å²) in [5.74, 6) is 0. The number of hydrogen-bond donors (Lipinski definition) is 1. The molecule has 0 aliphatic heterocycles. The van der Waals surface area contributed by atoms with E-state index in [0.29, 0.717) is 0 Å². The van der Waals surface area contributed by atoms with Crippen molar-refractivity contribution in [2.24, 2.45) is 0 Å². The molecule has 1 nitrogen and oxygen atoms in total. The fourth-order valence-corrected chi connectivity index (χ4v) is 1.76. The normalized spacial score (nSPS) is 11.0. The van der Waals surface area contributed by atoms with Gasteiger partial charge in [0, 0.05) is 16.0 Å². The highest BCUT2D eigenvalue weighted by Crippen LogP contribution is 2.22. The molecule has 1 N–H and O–H groups in total. The molecule has 0 aliphatic rings. The van der Waals surface area contributed by atoms with E-state index < -0.39 is 0 Å². The molecular weight excluding hydrogens is 249 g/mol. The van der Waals surface area contributed by atoms with Crippen molar-refractivity contribution in [1.82, 2.24) is 5.32 Å². The molecule has 0 aromatic heterocycles. The van der Waals surface area contributed by atoms with E-state index in [0.717, 1.165) is 21.6 Å². The lowest BCUT2D eigenvalue weighted by molar-refractivity contribution is 0.922. The molecule has 0 bridgehead atoms. The van der Waals surface area contributed by atoms with Gasteiger partial charge in [-0.25, -0.2) is 0 Å². The molecule has 3 heteroatoms. The summed E-state index contributed by atoms with van der Waals surface area (Å²) in [6.45, 7) is 0.870. The van der Waals surface area contributed by atoms with Crippen molar-refractivity contribution < 1.29 is 0 Å². The van der Waals surface area contributed by atoms with Crippen LogP contribution in [0, 0.1) is 0 Å². The molecule has 0 fully saturated rings. The van der Waals surface area contributed by atoms with Gasteiger partial charge < -0.3 is 5.32 Å². The van der Waals surface area contributed by atoms with Gasteiger partial charge in [0.15, 0.2) is 0 Å². The molecule has 0 saturated heterocycles. The van der Waals surface area contributed by atoms with Crippen molar-refractivity contribution in [3.8, 4) is 0 Å². The van der Waals surface area contributed by atoms with E-state index in [9.17, 15) is 0 Å². The quantitative estimate of drug-likeness (QED) is 0.879. The van der Waals surface area contributed by atoms with E-state index in [1.807, 2.05) is 25.2 Å². The van der Waals surface area contributed by atoms with Crippen LogP contribution in [-0.4, -0.2) is 13.6 Å². The third kappa shape index (κ3) is 3.51. The fourth-order valence-electron chi connectivity index (χ4n) is 0.940. The van der Waals surface area contributed by atoms with Crippen LogP contribution >= 0.6 is 27.5 Å². The first kappa shape index (κ1) is 10.8. The van der Waals surface area contributed by atoms with Gasteiger partial charge in [0.2, 0.25) is 0 Å². The van der Waals surface area contributed by atoms with Crippen molar-refractivity contribution in [2.75, 3.05) is 13.6 Å². The maximum Gasteiger partial charge on any atom is 0.0417 e. The van der Waals surface area contributed by atoms with Gasteiger partial charge in [0.1, 0.15) is 0 Å². The molecule has 1 rings (SSSR count). The summed E-state index contributed by atoms with van der Waals surface area (Å²) in [7, 11) is 1.92. The summed E-state index contributed by atoms with van der Waals surface area (Å²) >= 11 is 9.25. The van der Waals surface area contributed by atoms with Crippen LogP contribution in [0.4, 0.5) is 0 Å². The van der Waals surface area contributed by atoms with E-state index in [1.54, 1.807) is 0 Å². The van der Waals surface area contributed by atoms with Crippen LogP contribution in [0.1, 0.15) is 5.56 Å². The molecule has 0 atom stereocenters. The zero-order valence-electron chi connectivity index (χ0n) is 7.35. The van der Waals surface area contributed by atoms with Gasteiger partial charge in [-0.1, -0.05) is 45.7 Å². The zero-order valence-corrected chi connectivity index (χ0v) is 9.69. The second-order valence-corrected chi connectivity index (χ2v) is 3.92. The Morgan fingerprint density at radius 3 is 2.92 bits per heavy atom. The Labute approximate surface area is 91.9 Å². The third-order valence-electron chi connectivity index (χ3n) is 1.58. The molecule has 0 saturated carbocycles. The second kappa shape index (κ2) is 5.43. The molecule has 1 aromatic rings. The fraction of sp³-hybridized carbons (Fsp3) is 0.200. The summed E-state index contributed by atoms with van der Waals surface area (Å²) in [5.41, 5.74) is 1.14. The Hall–Kier alpha value is -0.310. The number of rotatable bonds is 3. The predicted octanol–water partition coefficient (Wildman–Crippen LogP) is 3.34. The van der Waals surface area contributed by atoms with Crippen LogP contribution in [0.5, 0.6) is 0 Å². The Morgan fingerprint density at radius 2 is 2.31 bits per heavy atom. The van der Waals surface area contributed by atoms with Gasteiger partial charge in [-0.3, -0.25) is 0 Å². The standard InChI is InChI=1S/C10H11BrClN/c1-13-6-2-3-8-4-5-9(12)7-10(8)11/h2-5,7,13H,6H2,1H3/b3-2+. The van der Waals surface area contributed by atoms with Crippen molar-refractivity contribution >= 4 is 33.6 Å². The van der Waals surface area contributed by atoms with Gasteiger partial charge in [-0.05, 0) is 24.7 Å². The van der Waals surface area contributed by atoms with Gasteiger partial charge in [-0.15, -0.1) is 0 Å². The first-order valence-electron chi connectivity index (χ1n) is 4.00. The Bertz CT molecular complexity index is 310. The summed E-state index contributed by atoms with van der Waals surface area (Å²) in [4.78, 5) is 0. The predicted molar refractivity (Wildman–Crippen MR) is 62.1 cm³/mol. The van der Waals surface area contributed by atoms with Gasteiger partial charge in [0.05, 0.1) is 0 Å². The highest BCUT2D eigenvalue weighted by atomic mass is 79.9. The molecule has 0 aliphatic carbocycles. The van der Waals surface area contributed by atoms with Gasteiger partial charge in [-0.2, -0.15) is 0 Å². The first-order chi connectivity index (χ1) is 6.24. The number of hydrogen-bond acceptors (Lipinski definition) is 1. The van der Waals surface area contributed by atoms with E-state index in [4.69, 9.17) is 11.6 Å². The Kier molecular flexibility index (Phi) is 4.50. The summed E-state index contributed by atoms with van der Waals surface area (Å²) in [6, 6.07) is 5.75. The molecule has 70 valence electrons. The summed E-state index contributed by atoms with van der Waals surface area (Å²) in [5, 5.41) is 3.79. The minimum absolute atomic E-state index is 0.748. The van der Waals surface area contributed by atoms with E-state index in [2.05, 4.69) is 33.4 Å². The summed E-state index contributed by atoms with van der Waals surface area (Å²) < 4.78 is 1.02. The van der Waals surface area contributed by atoms with Crippen LogP contribution in [0.3, 0.4) is 0 Å². The highest BCUT2D eigenvalue weighted by Gasteiger charge is 1.95. The zero-order chi connectivity index (χ0) is 9.68. The maximum atomic E-state index is 5.81. The third-order valence-corrected chi connectivity index (χ3v) is 2.50. The van der Waals surface area contributed by atoms with Crippen LogP contribution < -0.4 is 5.32 Å². The highest BCUT2D eigenvalue weighted by molar-refractivity contribution is 9.10. The van der Waals surface area contributed by atoms with Crippen LogP contribution in [0.2, 0.25) is 5.02 Å². The van der Waals surface area contributed by atoms with Crippen molar-refractivity contribution in [3.05, 3.63) is 39.3 Å². The molecule has 0 radical (unpaired) electrons. The molecule has 0 spiro atoms. The molecule has 0 heterocycles. The minimum atomic E-state index is 0.748. The molecule has 13 heavy (non-hydrogen) atoms. The smallest absolute Gasteiger partial charge is 0.0417 e. The second-order valence-electron chi connectivity index (χ2n) is 2.63. The number of benzene rings is 1. The van der Waals surface area contributed by atoms with Crippen molar-refractivity contribution in [2.45, 2.75) is 0 Å². The lowest BCUT2D eigenvalue weighted by Crippen LogP contribution is -2.03. The average molecular weight is 261 g/mol. The largest absolute Gasteiger partial charge is 0.316 e. The lowest BCUT2D eigenvalue weighted by Gasteiger charge is -1.98. The Morgan fingerprint density at radius 1 is 1.54 bits per heavy atom. The lowest BCUT2D eigenvalue weighted by atomic mass is 10.2. The first-order valence-corrected chi connectivity index (χ1v) is 5.17. The topological polar surface area (TPSA) is 12.0 Å². The number of halogens is 2. The SMILES string of the molecule is CNC/C=C/c1ccc(Cl)cc1Br. The number of nitrogens with one attached hydrogen (secondary N) is 1. The molecule has 1 aromatic carbocycles. The molecule has 0 unspecified atom stereocenters. The minimum Gasteiger partial charge on any atom is -0.316 e. The Balaban J connectivity index is 2.77. The van der Waals surface area contributed by atoms with Gasteiger partial charge >= 0.3 is 0 Å². The molecular formula is C10H11BrClN.